The lowest BCUT2D eigenvalue weighted by molar-refractivity contribution is -0.384. The lowest BCUT2D eigenvalue weighted by atomic mass is 10.1. The molecule has 0 spiro atoms. The molecule has 2 heterocycles. The second kappa shape index (κ2) is 12.0. The van der Waals surface area contributed by atoms with Crippen molar-refractivity contribution in [3.05, 3.63) is 87.7 Å². The summed E-state index contributed by atoms with van der Waals surface area (Å²) in [6.07, 6.45) is 1.29. The zero-order chi connectivity index (χ0) is 26.2. The third-order valence-electron chi connectivity index (χ3n) is 4.92. The quantitative estimate of drug-likeness (QED) is 0.0513. The number of carbonyl (C=O) groups excluding carboxylic acids is 1. The highest BCUT2D eigenvalue weighted by molar-refractivity contribution is 8.01. The largest absolute Gasteiger partial charge is 0.493 e. The average molecular weight is 534 g/mol. The van der Waals surface area contributed by atoms with Gasteiger partial charge >= 0.3 is 0 Å². The van der Waals surface area contributed by atoms with E-state index in [0.29, 0.717) is 28.0 Å². The van der Waals surface area contributed by atoms with E-state index < -0.39 is 10.8 Å². The normalized spacial score (nSPS) is 11.1. The Kier molecular flexibility index (Phi) is 8.29. The van der Waals surface area contributed by atoms with Crippen molar-refractivity contribution in [3.63, 3.8) is 0 Å². The van der Waals surface area contributed by atoms with Gasteiger partial charge in [0.2, 0.25) is 5.13 Å². The average Bonchev–Trinajstić information content (AvgIpc) is 3.55. The van der Waals surface area contributed by atoms with Crippen LogP contribution in [0.4, 0.5) is 10.8 Å². The van der Waals surface area contributed by atoms with Crippen LogP contribution in [0.2, 0.25) is 0 Å². The van der Waals surface area contributed by atoms with E-state index in [9.17, 15) is 20.2 Å². The predicted molar refractivity (Wildman–Crippen MR) is 140 cm³/mol. The van der Waals surface area contributed by atoms with Crippen molar-refractivity contribution in [1.29, 1.82) is 5.26 Å². The van der Waals surface area contributed by atoms with Crippen LogP contribution < -0.4 is 10.1 Å². The number of nitrogens with zero attached hydrogens (tertiary/aromatic N) is 4. The van der Waals surface area contributed by atoms with Crippen molar-refractivity contribution in [2.45, 2.75) is 11.3 Å². The monoisotopic (exact) mass is 533 g/mol. The first-order valence-corrected chi connectivity index (χ1v) is 12.7. The first-order chi connectivity index (χ1) is 17.9. The fourth-order valence-corrected chi connectivity index (χ4v) is 4.78. The molecule has 0 unspecified atom stereocenters. The minimum Gasteiger partial charge on any atom is -0.493 e. The maximum absolute atomic E-state index is 12.6. The third-order valence-corrected chi connectivity index (χ3v) is 6.86. The van der Waals surface area contributed by atoms with Gasteiger partial charge in [-0.25, -0.2) is 0 Å². The summed E-state index contributed by atoms with van der Waals surface area (Å²) in [4.78, 5) is 23.2. The summed E-state index contributed by atoms with van der Waals surface area (Å²) in [5.74, 6) is 1.40. The number of amides is 1. The highest BCUT2D eigenvalue weighted by atomic mass is 32.2. The Bertz CT molecular complexity index is 1490. The molecule has 0 aliphatic carbocycles. The highest BCUT2D eigenvalue weighted by Crippen LogP contribution is 2.30. The van der Waals surface area contributed by atoms with Crippen LogP contribution in [0.1, 0.15) is 11.3 Å². The van der Waals surface area contributed by atoms with E-state index in [1.807, 2.05) is 36.4 Å². The van der Waals surface area contributed by atoms with Crippen LogP contribution in [0.25, 0.3) is 17.4 Å². The van der Waals surface area contributed by atoms with E-state index in [1.54, 1.807) is 25.1 Å². The van der Waals surface area contributed by atoms with Crippen LogP contribution in [0.15, 0.2) is 75.0 Å². The first kappa shape index (κ1) is 25.6. The Morgan fingerprint density at radius 3 is 2.81 bits per heavy atom. The van der Waals surface area contributed by atoms with Gasteiger partial charge in [-0.05, 0) is 36.8 Å². The number of ether oxygens (including phenoxy) is 1. The summed E-state index contributed by atoms with van der Waals surface area (Å²) >= 11 is 2.63. The first-order valence-electron chi connectivity index (χ1n) is 10.9. The third kappa shape index (κ3) is 6.81. The molecule has 0 fully saturated rings. The van der Waals surface area contributed by atoms with Crippen molar-refractivity contribution in [3.8, 4) is 23.1 Å². The van der Waals surface area contributed by atoms with Gasteiger partial charge in [0, 0.05) is 29.5 Å². The molecule has 0 saturated heterocycles. The molecule has 2 aromatic carbocycles. The smallest absolute Gasteiger partial charge is 0.270 e. The van der Waals surface area contributed by atoms with Crippen molar-refractivity contribution < 1.29 is 18.9 Å². The molecule has 0 bridgehead atoms. The van der Waals surface area contributed by atoms with Crippen LogP contribution in [0.5, 0.6) is 5.75 Å². The number of hydrogen-bond acceptors (Lipinski definition) is 10. The van der Waals surface area contributed by atoms with Crippen molar-refractivity contribution in [2.24, 2.45) is 0 Å². The van der Waals surface area contributed by atoms with Gasteiger partial charge in [0.15, 0.2) is 4.34 Å². The Morgan fingerprint density at radius 2 is 2.05 bits per heavy atom. The van der Waals surface area contributed by atoms with E-state index in [4.69, 9.17) is 9.15 Å². The minimum absolute atomic E-state index is 0.0653. The van der Waals surface area contributed by atoms with E-state index >= 15 is 0 Å². The topological polar surface area (TPSA) is 144 Å². The number of para-hydroxylation sites is 1. The molecular weight excluding hydrogens is 514 g/mol. The number of non-ortho nitro benzene ring substituents is 1. The fraction of sp³-hybridized carbons (Fsp3) is 0.120. The molecule has 186 valence electrons. The van der Waals surface area contributed by atoms with Crippen LogP contribution >= 0.6 is 23.1 Å². The summed E-state index contributed by atoms with van der Waals surface area (Å²) in [5, 5.41) is 31.4. The van der Waals surface area contributed by atoms with Gasteiger partial charge < -0.3 is 9.15 Å². The second-order valence-corrected chi connectivity index (χ2v) is 9.78. The Labute approximate surface area is 219 Å². The fourth-order valence-electron chi connectivity index (χ4n) is 3.14. The Morgan fingerprint density at radius 1 is 1.24 bits per heavy atom. The molecule has 0 aliphatic rings. The number of nitro groups is 1. The molecule has 10 nitrogen and oxygen atoms in total. The van der Waals surface area contributed by atoms with Gasteiger partial charge in [0.05, 0.1) is 11.5 Å². The summed E-state index contributed by atoms with van der Waals surface area (Å²) in [7, 11) is 0. The van der Waals surface area contributed by atoms with Crippen LogP contribution in [-0.4, -0.2) is 33.4 Å². The van der Waals surface area contributed by atoms with E-state index in [-0.39, 0.29) is 22.2 Å². The number of thioether (sulfide) groups is 1. The highest BCUT2D eigenvalue weighted by Gasteiger charge is 2.16. The van der Waals surface area contributed by atoms with Crippen molar-refractivity contribution in [2.75, 3.05) is 17.7 Å². The van der Waals surface area contributed by atoms with E-state index in [1.165, 1.54) is 41.3 Å². The van der Waals surface area contributed by atoms with Gasteiger partial charge in [-0.2, -0.15) is 5.26 Å². The molecule has 0 radical (unpaired) electrons. The number of hydrogen-bond donors (Lipinski definition) is 1. The van der Waals surface area contributed by atoms with Crippen molar-refractivity contribution >= 4 is 45.9 Å². The molecule has 1 N–H and O–H groups in total. The molecule has 0 atom stereocenters. The maximum atomic E-state index is 12.6. The number of carbonyl (C=O) groups is 1. The second-order valence-electron chi connectivity index (χ2n) is 7.47. The van der Waals surface area contributed by atoms with Crippen LogP contribution in [0, 0.1) is 28.4 Å². The number of anilines is 1. The van der Waals surface area contributed by atoms with Gasteiger partial charge in [0.1, 0.15) is 28.9 Å². The minimum atomic E-state index is -0.660. The van der Waals surface area contributed by atoms with Gasteiger partial charge in [-0.3, -0.25) is 20.2 Å². The van der Waals surface area contributed by atoms with Gasteiger partial charge in [-0.15, -0.1) is 10.2 Å². The number of aryl methyl sites for hydroxylation is 1. The maximum Gasteiger partial charge on any atom is 0.270 e. The lowest BCUT2D eigenvalue weighted by Crippen LogP contribution is -2.13. The zero-order valence-corrected chi connectivity index (χ0v) is 21.0. The molecule has 37 heavy (non-hydrogen) atoms. The number of aromatic nitrogens is 2. The SMILES string of the molecule is Cc1ccc([N+](=O)[O-])cc1-c1ccc(/C=C(/C#N)C(=O)Nc2nnc(SCCOc3ccccc3)s2)o1. The molecular formula is C25H19N5O5S2. The number of benzene rings is 2. The molecule has 2 aromatic heterocycles. The van der Waals surface area contributed by atoms with Crippen LogP contribution in [0.3, 0.4) is 0 Å². The Hall–Kier alpha value is -4.47. The lowest BCUT2D eigenvalue weighted by Gasteiger charge is -2.03. The number of nitriles is 1. The van der Waals surface area contributed by atoms with Crippen molar-refractivity contribution in [1.82, 2.24) is 10.2 Å². The van der Waals surface area contributed by atoms with Gasteiger partial charge in [-0.1, -0.05) is 47.4 Å². The number of nitro benzene ring substituents is 1. The van der Waals surface area contributed by atoms with E-state index in [0.717, 1.165) is 11.3 Å². The van der Waals surface area contributed by atoms with E-state index in [2.05, 4.69) is 15.5 Å². The summed E-state index contributed by atoms with van der Waals surface area (Å²) < 4.78 is 12.0. The zero-order valence-electron chi connectivity index (χ0n) is 19.4. The summed E-state index contributed by atoms with van der Waals surface area (Å²) in [6.45, 7) is 2.29. The molecule has 4 aromatic rings. The summed E-state index contributed by atoms with van der Waals surface area (Å²) in [5.41, 5.74) is 1.07. The molecule has 0 saturated carbocycles. The number of furan rings is 1. The molecule has 12 heteroatoms. The molecule has 4 rings (SSSR count). The number of rotatable bonds is 10. The van der Waals surface area contributed by atoms with Crippen LogP contribution in [-0.2, 0) is 4.79 Å². The molecule has 0 aliphatic heterocycles. The Balaban J connectivity index is 1.36. The standard InChI is InChI=1S/C25H19N5O5S2/c1-16-7-8-18(30(32)33)14-21(16)22-10-9-20(35-22)13-17(15-26)23(31)27-24-28-29-25(37-24)36-12-11-34-19-5-3-2-4-6-19/h2-10,13-14H,11-12H2,1H3,(H,27,28,31)/b17-13-. The predicted octanol–water partition coefficient (Wildman–Crippen LogP) is 5.73. The van der Waals surface area contributed by atoms with Gasteiger partial charge in [0.25, 0.3) is 11.6 Å². The summed E-state index contributed by atoms with van der Waals surface area (Å²) in [6, 6.07) is 19.0. The molecule has 1 amide bonds. The number of nitrogens with one attached hydrogen (secondary N) is 1.